The van der Waals surface area contributed by atoms with Crippen molar-refractivity contribution in [3.8, 4) is 11.5 Å². The van der Waals surface area contributed by atoms with Gasteiger partial charge in [-0.05, 0) is 24.4 Å². The maximum Gasteiger partial charge on any atom is 0.264 e. The molecule has 3 rings (SSSR count). The first-order valence-electron chi connectivity index (χ1n) is 7.67. The monoisotopic (exact) mass is 391 g/mol. The highest BCUT2D eigenvalue weighted by Gasteiger charge is 2.11. The van der Waals surface area contributed by atoms with E-state index in [1.165, 1.54) is 11.3 Å². The van der Waals surface area contributed by atoms with Gasteiger partial charge in [-0.15, -0.1) is 11.3 Å². The fourth-order valence-corrected chi connectivity index (χ4v) is 3.06. The quantitative estimate of drug-likeness (QED) is 0.601. The third-order valence-electron chi connectivity index (χ3n) is 3.54. The Labute approximate surface area is 158 Å². The Hall–Kier alpha value is -2.72. The predicted octanol–water partition coefficient (Wildman–Crippen LogP) is 2.55. The number of nitrogens with zero attached hydrogens (tertiary/aromatic N) is 3. The molecule has 0 aliphatic heterocycles. The standard InChI is InChI=1S/C16H17N5O3S2/c1-21-13(19-20-16(21)25)7-10-9-26-15(17-10)18-14(22)8-24-12-6-4-3-5-11(12)23-2/h3-6,9H,7-8H2,1-2H3,(H,20,25)(H,17,18,22). The lowest BCUT2D eigenvalue weighted by molar-refractivity contribution is -0.118. The molecule has 26 heavy (non-hydrogen) atoms. The number of carbonyl (C=O) groups excluding carboxylic acids is 1. The summed E-state index contributed by atoms with van der Waals surface area (Å²) in [5.74, 6) is 1.56. The van der Waals surface area contributed by atoms with E-state index in [2.05, 4.69) is 20.5 Å². The van der Waals surface area contributed by atoms with Gasteiger partial charge in [0.1, 0.15) is 5.82 Å². The Balaban J connectivity index is 1.56. The van der Waals surface area contributed by atoms with Crippen LogP contribution >= 0.6 is 23.6 Å². The molecule has 0 radical (unpaired) electrons. The zero-order chi connectivity index (χ0) is 18.5. The molecule has 8 nitrogen and oxygen atoms in total. The molecule has 0 bridgehead atoms. The molecule has 0 unspecified atom stereocenters. The summed E-state index contributed by atoms with van der Waals surface area (Å²) in [7, 11) is 3.39. The van der Waals surface area contributed by atoms with E-state index in [1.807, 2.05) is 24.6 Å². The smallest absolute Gasteiger partial charge is 0.264 e. The molecule has 2 aromatic heterocycles. The van der Waals surface area contributed by atoms with Gasteiger partial charge in [0.15, 0.2) is 28.0 Å². The number of thiazole rings is 1. The lowest BCUT2D eigenvalue weighted by Gasteiger charge is -2.09. The number of H-pyrrole nitrogens is 1. The topological polar surface area (TPSA) is 94.1 Å². The summed E-state index contributed by atoms with van der Waals surface area (Å²) in [6.07, 6.45) is 0.522. The van der Waals surface area contributed by atoms with Crippen molar-refractivity contribution < 1.29 is 14.3 Å². The molecule has 1 amide bonds. The van der Waals surface area contributed by atoms with Gasteiger partial charge < -0.3 is 14.0 Å². The molecular weight excluding hydrogens is 374 g/mol. The van der Waals surface area contributed by atoms with E-state index in [0.29, 0.717) is 27.8 Å². The van der Waals surface area contributed by atoms with E-state index in [9.17, 15) is 4.79 Å². The van der Waals surface area contributed by atoms with Crippen LogP contribution in [0.4, 0.5) is 5.13 Å². The van der Waals surface area contributed by atoms with Gasteiger partial charge in [-0.3, -0.25) is 15.2 Å². The minimum atomic E-state index is -0.296. The molecule has 2 heterocycles. The maximum absolute atomic E-state index is 12.1. The number of benzene rings is 1. The fraction of sp³-hybridized carbons (Fsp3) is 0.250. The largest absolute Gasteiger partial charge is 0.493 e. The molecule has 3 aromatic rings. The first kappa shape index (κ1) is 18.1. The normalized spacial score (nSPS) is 10.5. The van der Waals surface area contributed by atoms with Gasteiger partial charge in [0.2, 0.25) is 0 Å². The molecule has 10 heteroatoms. The van der Waals surface area contributed by atoms with Crippen molar-refractivity contribution in [1.29, 1.82) is 0 Å². The highest BCUT2D eigenvalue weighted by atomic mass is 32.1. The number of rotatable bonds is 7. The third kappa shape index (κ3) is 4.27. The Kier molecular flexibility index (Phi) is 5.64. The van der Waals surface area contributed by atoms with Crippen LogP contribution in [0.5, 0.6) is 11.5 Å². The molecular formula is C16H17N5O3S2. The Morgan fingerprint density at radius 2 is 2.15 bits per heavy atom. The number of hydrogen-bond acceptors (Lipinski definition) is 7. The third-order valence-corrected chi connectivity index (χ3v) is 4.71. The van der Waals surface area contributed by atoms with E-state index in [4.69, 9.17) is 21.7 Å². The predicted molar refractivity (Wildman–Crippen MR) is 100 cm³/mol. The van der Waals surface area contributed by atoms with E-state index < -0.39 is 0 Å². The van der Waals surface area contributed by atoms with Gasteiger partial charge in [0.25, 0.3) is 5.91 Å². The van der Waals surface area contributed by atoms with Crippen molar-refractivity contribution in [1.82, 2.24) is 19.7 Å². The molecule has 136 valence electrons. The number of para-hydroxylation sites is 2. The summed E-state index contributed by atoms with van der Waals surface area (Å²) in [6, 6.07) is 7.15. The van der Waals surface area contributed by atoms with Gasteiger partial charge in [-0.1, -0.05) is 12.1 Å². The SMILES string of the molecule is COc1ccccc1OCC(=O)Nc1nc(Cc2n[nH]c(=S)n2C)cs1. The fourth-order valence-electron chi connectivity index (χ4n) is 2.18. The van der Waals surface area contributed by atoms with Crippen LogP contribution in [0.2, 0.25) is 0 Å². The van der Waals surface area contributed by atoms with Crippen LogP contribution in [-0.2, 0) is 18.3 Å². The highest BCUT2D eigenvalue weighted by Crippen LogP contribution is 2.25. The van der Waals surface area contributed by atoms with Gasteiger partial charge in [0, 0.05) is 12.4 Å². The van der Waals surface area contributed by atoms with Crippen LogP contribution in [0, 0.1) is 4.77 Å². The number of aromatic nitrogens is 4. The van der Waals surface area contributed by atoms with E-state index in [0.717, 1.165) is 11.5 Å². The lowest BCUT2D eigenvalue weighted by Crippen LogP contribution is -2.20. The molecule has 0 fully saturated rings. The maximum atomic E-state index is 12.1. The van der Waals surface area contributed by atoms with Crippen molar-refractivity contribution in [2.75, 3.05) is 19.0 Å². The van der Waals surface area contributed by atoms with Crippen LogP contribution in [0.15, 0.2) is 29.6 Å². The average molecular weight is 391 g/mol. The van der Waals surface area contributed by atoms with Gasteiger partial charge in [-0.2, -0.15) is 5.10 Å². The highest BCUT2D eigenvalue weighted by molar-refractivity contribution is 7.71. The van der Waals surface area contributed by atoms with Crippen molar-refractivity contribution in [2.24, 2.45) is 7.05 Å². The minimum absolute atomic E-state index is 0.136. The summed E-state index contributed by atoms with van der Waals surface area (Å²) in [5, 5.41) is 12.0. The van der Waals surface area contributed by atoms with Crippen molar-refractivity contribution in [3.05, 3.63) is 45.9 Å². The summed E-state index contributed by atoms with van der Waals surface area (Å²) < 4.78 is 13.0. The number of ether oxygens (including phenoxy) is 2. The molecule has 0 aliphatic rings. The van der Waals surface area contributed by atoms with Crippen molar-refractivity contribution in [3.63, 3.8) is 0 Å². The molecule has 2 N–H and O–H groups in total. The van der Waals surface area contributed by atoms with E-state index in [1.54, 1.807) is 23.8 Å². The summed E-state index contributed by atoms with van der Waals surface area (Å²) >= 11 is 6.43. The van der Waals surface area contributed by atoms with E-state index in [-0.39, 0.29) is 12.5 Å². The number of aromatic amines is 1. The zero-order valence-electron chi connectivity index (χ0n) is 14.2. The first-order valence-corrected chi connectivity index (χ1v) is 8.96. The molecule has 0 atom stereocenters. The Morgan fingerprint density at radius 1 is 1.38 bits per heavy atom. The van der Waals surface area contributed by atoms with Crippen molar-refractivity contribution in [2.45, 2.75) is 6.42 Å². The lowest BCUT2D eigenvalue weighted by atomic mass is 10.3. The Bertz CT molecular complexity index is 963. The summed E-state index contributed by atoms with van der Waals surface area (Å²) in [4.78, 5) is 16.5. The molecule has 0 saturated carbocycles. The number of anilines is 1. The molecule has 0 spiro atoms. The Morgan fingerprint density at radius 3 is 2.85 bits per heavy atom. The van der Waals surface area contributed by atoms with Gasteiger partial charge >= 0.3 is 0 Å². The average Bonchev–Trinajstić information content (AvgIpc) is 3.21. The number of nitrogens with one attached hydrogen (secondary N) is 2. The van der Waals surface area contributed by atoms with Crippen LogP contribution in [0.3, 0.4) is 0 Å². The van der Waals surface area contributed by atoms with Gasteiger partial charge in [-0.25, -0.2) is 4.98 Å². The van der Waals surface area contributed by atoms with Gasteiger partial charge in [0.05, 0.1) is 19.2 Å². The van der Waals surface area contributed by atoms with Crippen LogP contribution in [0.1, 0.15) is 11.5 Å². The second kappa shape index (κ2) is 8.11. The van der Waals surface area contributed by atoms with Crippen molar-refractivity contribution >= 4 is 34.6 Å². The second-order valence-electron chi connectivity index (χ2n) is 5.31. The first-order chi connectivity index (χ1) is 12.6. The molecule has 1 aromatic carbocycles. The summed E-state index contributed by atoms with van der Waals surface area (Å²) in [6.45, 7) is -0.136. The number of amides is 1. The second-order valence-corrected chi connectivity index (χ2v) is 6.56. The zero-order valence-corrected chi connectivity index (χ0v) is 15.8. The molecule has 0 saturated heterocycles. The number of carbonyl (C=O) groups is 1. The number of methoxy groups -OCH3 is 1. The van der Waals surface area contributed by atoms with E-state index >= 15 is 0 Å². The number of hydrogen-bond donors (Lipinski definition) is 2. The van der Waals surface area contributed by atoms with Crippen LogP contribution < -0.4 is 14.8 Å². The van der Waals surface area contributed by atoms with Crippen LogP contribution in [-0.4, -0.2) is 39.4 Å². The molecule has 0 aliphatic carbocycles. The van der Waals surface area contributed by atoms with Crippen LogP contribution in [0.25, 0.3) is 0 Å². The summed E-state index contributed by atoms with van der Waals surface area (Å²) in [5.41, 5.74) is 0.799. The minimum Gasteiger partial charge on any atom is -0.493 e.